The zero-order chi connectivity index (χ0) is 29.1. The number of unbranched alkanes of at least 4 members (excludes halogenated alkanes) is 4. The van der Waals surface area contributed by atoms with Crippen LogP contribution in [0.25, 0.3) is 10.1 Å². The van der Waals surface area contributed by atoms with Gasteiger partial charge in [-0.15, -0.1) is 22.9 Å². The fraction of sp³-hybridized carbons (Fsp3) is 0.758. The van der Waals surface area contributed by atoms with Crippen LogP contribution in [0.2, 0.25) is 0 Å². The maximum absolute atomic E-state index is 7.15. The molecule has 8 heteroatoms. The maximum atomic E-state index is 7.15. The highest BCUT2D eigenvalue weighted by Crippen LogP contribution is 2.51. The smallest absolute Gasteiger partial charge is 0.235 e. The third-order valence-electron chi connectivity index (χ3n) is 8.05. The van der Waals surface area contributed by atoms with Crippen LogP contribution in [0.4, 0.5) is 0 Å². The summed E-state index contributed by atoms with van der Waals surface area (Å²) >= 11 is 8.14. The van der Waals surface area contributed by atoms with Gasteiger partial charge in [-0.1, -0.05) is 71.6 Å². The average molecular weight is 611 g/mol. The van der Waals surface area contributed by atoms with Crippen molar-refractivity contribution in [3.63, 3.8) is 0 Å². The Labute approximate surface area is 256 Å². The third kappa shape index (κ3) is 7.66. The predicted octanol–water partition coefficient (Wildman–Crippen LogP) is 8.14. The van der Waals surface area contributed by atoms with Gasteiger partial charge in [0.05, 0.1) is 18.1 Å². The van der Waals surface area contributed by atoms with Gasteiger partial charge >= 0.3 is 0 Å². The van der Waals surface area contributed by atoms with E-state index in [0.717, 1.165) is 68.2 Å². The fourth-order valence-electron chi connectivity index (χ4n) is 5.74. The predicted molar refractivity (Wildman–Crippen MR) is 167 cm³/mol. The standard InChI is InChI=1S/C33H51ClO6S/c1-5-9-17-35-23-27-28(36-18-10-6-2)29(37-19-11-7-3)31(38-20-12-8-4)33(40-27)32-26(16-21-39-33)25-15-13-14-24(22-34)30(25)41-32/h13-15,27-29,31H,5-12,16-23H2,1-4H3/t27-,28-,29+,31-,33-/m1/s1. The van der Waals surface area contributed by atoms with E-state index in [-0.39, 0.29) is 18.3 Å². The van der Waals surface area contributed by atoms with Crippen molar-refractivity contribution in [3.05, 3.63) is 34.2 Å². The average Bonchev–Trinajstić information content (AvgIpc) is 3.38. The molecule has 1 aromatic heterocycles. The van der Waals surface area contributed by atoms with Crippen LogP contribution in [0, 0.1) is 0 Å². The van der Waals surface area contributed by atoms with Crippen molar-refractivity contribution in [2.24, 2.45) is 0 Å². The molecule has 1 spiro atoms. The van der Waals surface area contributed by atoms with Crippen molar-refractivity contribution in [3.8, 4) is 0 Å². The number of ether oxygens (including phenoxy) is 6. The van der Waals surface area contributed by atoms with E-state index in [1.165, 1.54) is 15.6 Å². The van der Waals surface area contributed by atoms with Crippen molar-refractivity contribution >= 4 is 33.0 Å². The van der Waals surface area contributed by atoms with Gasteiger partial charge in [0.15, 0.2) is 0 Å². The van der Waals surface area contributed by atoms with Gasteiger partial charge in [-0.25, -0.2) is 0 Å². The molecular weight excluding hydrogens is 560 g/mol. The molecule has 1 fully saturated rings. The van der Waals surface area contributed by atoms with Gasteiger partial charge in [-0.2, -0.15) is 0 Å². The number of hydrogen-bond donors (Lipinski definition) is 0. The molecule has 232 valence electrons. The monoisotopic (exact) mass is 610 g/mol. The van der Waals surface area contributed by atoms with Crippen LogP contribution in [0.3, 0.4) is 0 Å². The molecule has 0 radical (unpaired) electrons. The Morgan fingerprint density at radius 3 is 2.22 bits per heavy atom. The number of thiophene rings is 1. The summed E-state index contributed by atoms with van der Waals surface area (Å²) in [7, 11) is 0. The minimum Gasteiger partial charge on any atom is -0.379 e. The summed E-state index contributed by atoms with van der Waals surface area (Å²) in [4.78, 5) is 1.08. The first-order valence-electron chi connectivity index (χ1n) is 16.0. The molecule has 41 heavy (non-hydrogen) atoms. The Morgan fingerprint density at radius 2 is 1.54 bits per heavy atom. The molecule has 3 heterocycles. The van der Waals surface area contributed by atoms with Gasteiger partial charge in [-0.3, -0.25) is 0 Å². The second-order valence-corrected chi connectivity index (χ2v) is 12.5. The summed E-state index contributed by atoms with van der Waals surface area (Å²) in [6.45, 7) is 12.3. The minimum atomic E-state index is -1.10. The first-order chi connectivity index (χ1) is 20.1. The SMILES string of the molecule is CCCCOC[C@H]1O[C@]2(OCCc3c2sc2c(CCl)cccc32)[C@H](OCCCC)[C@@H](OCCCC)[C@@H]1OCCCC. The van der Waals surface area contributed by atoms with E-state index in [4.69, 9.17) is 40.0 Å². The topological polar surface area (TPSA) is 55.4 Å². The van der Waals surface area contributed by atoms with E-state index in [2.05, 4.69) is 45.9 Å². The fourth-order valence-corrected chi connectivity index (χ4v) is 7.52. The van der Waals surface area contributed by atoms with Crippen LogP contribution in [0.15, 0.2) is 18.2 Å². The molecule has 2 aliphatic rings. The van der Waals surface area contributed by atoms with Gasteiger partial charge in [0, 0.05) is 37.0 Å². The van der Waals surface area contributed by atoms with E-state index in [1.807, 2.05) is 0 Å². The van der Waals surface area contributed by atoms with Crippen LogP contribution in [0.1, 0.15) is 95.1 Å². The molecule has 1 aromatic carbocycles. The number of alkyl halides is 1. The van der Waals surface area contributed by atoms with Crippen LogP contribution in [0.5, 0.6) is 0 Å². The van der Waals surface area contributed by atoms with Crippen LogP contribution in [-0.4, -0.2) is 64.1 Å². The molecule has 2 aliphatic heterocycles. The summed E-state index contributed by atoms with van der Waals surface area (Å²) in [5.41, 5.74) is 2.41. The zero-order valence-electron chi connectivity index (χ0n) is 25.6. The Balaban J connectivity index is 1.81. The van der Waals surface area contributed by atoms with Crippen molar-refractivity contribution < 1.29 is 28.4 Å². The lowest BCUT2D eigenvalue weighted by molar-refractivity contribution is -0.389. The van der Waals surface area contributed by atoms with Crippen molar-refractivity contribution in [2.75, 3.05) is 39.6 Å². The number of fused-ring (bicyclic) bond motifs is 4. The van der Waals surface area contributed by atoms with E-state index in [0.29, 0.717) is 45.5 Å². The highest BCUT2D eigenvalue weighted by Gasteiger charge is 2.61. The molecule has 0 unspecified atom stereocenters. The lowest BCUT2D eigenvalue weighted by atomic mass is 9.87. The summed E-state index contributed by atoms with van der Waals surface area (Å²) in [5, 5.41) is 1.24. The molecule has 0 amide bonds. The molecule has 4 rings (SSSR count). The third-order valence-corrected chi connectivity index (χ3v) is 9.76. The van der Waals surface area contributed by atoms with Crippen molar-refractivity contribution in [1.82, 2.24) is 0 Å². The van der Waals surface area contributed by atoms with Crippen molar-refractivity contribution in [2.45, 2.75) is 122 Å². The van der Waals surface area contributed by atoms with Gasteiger partial charge < -0.3 is 28.4 Å². The molecule has 6 nitrogen and oxygen atoms in total. The lowest BCUT2D eigenvalue weighted by Gasteiger charge is -2.53. The molecule has 0 saturated carbocycles. The van der Waals surface area contributed by atoms with E-state index in [1.54, 1.807) is 11.3 Å². The highest BCUT2D eigenvalue weighted by atomic mass is 35.5. The lowest BCUT2D eigenvalue weighted by Crippen LogP contribution is -2.67. The van der Waals surface area contributed by atoms with Gasteiger partial charge in [0.25, 0.3) is 0 Å². The molecule has 0 aliphatic carbocycles. The van der Waals surface area contributed by atoms with Crippen LogP contribution < -0.4 is 0 Å². The summed E-state index contributed by atoms with van der Waals surface area (Å²) in [5.74, 6) is -0.638. The Morgan fingerprint density at radius 1 is 0.878 bits per heavy atom. The summed E-state index contributed by atoms with van der Waals surface area (Å²) in [6.07, 6.45) is 7.47. The van der Waals surface area contributed by atoms with Crippen LogP contribution >= 0.6 is 22.9 Å². The molecule has 2 aromatic rings. The normalized spacial score (nSPS) is 26.2. The first kappa shape index (κ1) is 33.1. The van der Waals surface area contributed by atoms with E-state index in [9.17, 15) is 0 Å². The summed E-state index contributed by atoms with van der Waals surface area (Å²) in [6, 6.07) is 6.41. The van der Waals surface area contributed by atoms with Crippen LogP contribution in [-0.2, 0) is 46.5 Å². The Kier molecular flexibility index (Phi) is 13.7. The minimum absolute atomic E-state index is 0.320. The van der Waals surface area contributed by atoms with Gasteiger partial charge in [-0.05, 0) is 48.6 Å². The van der Waals surface area contributed by atoms with E-state index >= 15 is 0 Å². The number of halogens is 1. The Bertz CT molecular complexity index is 1050. The van der Waals surface area contributed by atoms with Gasteiger partial charge in [0.2, 0.25) is 5.79 Å². The highest BCUT2D eigenvalue weighted by molar-refractivity contribution is 7.19. The number of benzene rings is 1. The first-order valence-corrected chi connectivity index (χ1v) is 17.3. The largest absolute Gasteiger partial charge is 0.379 e. The summed E-state index contributed by atoms with van der Waals surface area (Å²) < 4.78 is 41.5. The number of rotatable bonds is 18. The molecular formula is C33H51ClO6S. The molecule has 5 atom stereocenters. The number of hydrogen-bond acceptors (Lipinski definition) is 7. The molecule has 0 bridgehead atoms. The van der Waals surface area contributed by atoms with Crippen molar-refractivity contribution in [1.29, 1.82) is 0 Å². The molecule has 1 saturated heterocycles. The maximum Gasteiger partial charge on any atom is 0.235 e. The quantitative estimate of drug-likeness (QED) is 0.125. The second kappa shape index (κ2) is 16.9. The zero-order valence-corrected chi connectivity index (χ0v) is 27.2. The Hall–Kier alpha value is -0.770. The second-order valence-electron chi connectivity index (χ2n) is 11.2. The van der Waals surface area contributed by atoms with E-state index < -0.39 is 11.9 Å². The molecule has 0 N–H and O–H groups in total. The van der Waals surface area contributed by atoms with Gasteiger partial charge in [0.1, 0.15) is 24.4 Å².